The van der Waals surface area contributed by atoms with Crippen LogP contribution in [0.5, 0.6) is 5.75 Å². The number of nitrogens with one attached hydrogen (secondary N) is 2. The summed E-state index contributed by atoms with van der Waals surface area (Å²) in [5.74, 6) is 2.65. The summed E-state index contributed by atoms with van der Waals surface area (Å²) in [4.78, 5) is 16.5. The minimum Gasteiger partial charge on any atom is -0.486 e. The molecule has 1 amide bonds. The molecule has 0 unspecified atom stereocenters. The van der Waals surface area contributed by atoms with Crippen molar-refractivity contribution in [2.24, 2.45) is 0 Å². The molecule has 10 heteroatoms. The molecule has 4 aromatic rings. The van der Waals surface area contributed by atoms with E-state index in [0.29, 0.717) is 39.1 Å². The summed E-state index contributed by atoms with van der Waals surface area (Å²) >= 11 is 13.0. The summed E-state index contributed by atoms with van der Waals surface area (Å²) in [5.41, 5.74) is 0.919. The number of ether oxygens (including phenoxy) is 1. The molecule has 32 heavy (non-hydrogen) atoms. The SMILES string of the molecule is O=C(CSc1n[nH]c(COc2ccc(Cl)cc2)n1)NCc1ccc(-c2ccc(Cl)cc2)o1. The van der Waals surface area contributed by atoms with E-state index in [2.05, 4.69) is 20.5 Å². The van der Waals surface area contributed by atoms with E-state index >= 15 is 0 Å². The third-order valence-electron chi connectivity index (χ3n) is 4.28. The standard InChI is InChI=1S/C22H18Cl2N4O3S/c23-15-3-1-14(2-4-15)19-10-9-18(31-19)11-25-21(29)13-32-22-26-20(27-28-22)12-30-17-7-5-16(24)6-8-17/h1-10H,11-13H2,(H,25,29)(H,26,27,28). The molecule has 4 rings (SSSR count). The fourth-order valence-corrected chi connectivity index (χ4v) is 3.60. The Morgan fingerprint density at radius 1 is 1.03 bits per heavy atom. The van der Waals surface area contributed by atoms with E-state index in [4.69, 9.17) is 32.4 Å². The maximum Gasteiger partial charge on any atom is 0.230 e. The second-order valence-electron chi connectivity index (χ2n) is 6.65. The summed E-state index contributed by atoms with van der Waals surface area (Å²) in [6.45, 7) is 0.525. The number of nitrogens with zero attached hydrogens (tertiary/aromatic N) is 2. The molecule has 0 bridgehead atoms. The van der Waals surface area contributed by atoms with Crippen LogP contribution in [0.25, 0.3) is 11.3 Å². The van der Waals surface area contributed by atoms with Crippen LogP contribution < -0.4 is 10.1 Å². The molecule has 0 fully saturated rings. The molecule has 0 aliphatic rings. The second-order valence-corrected chi connectivity index (χ2v) is 8.46. The fourth-order valence-electron chi connectivity index (χ4n) is 2.70. The van der Waals surface area contributed by atoms with Crippen molar-refractivity contribution in [2.75, 3.05) is 5.75 Å². The molecular weight excluding hydrogens is 471 g/mol. The van der Waals surface area contributed by atoms with Gasteiger partial charge in [0.1, 0.15) is 23.9 Å². The normalized spacial score (nSPS) is 10.8. The highest BCUT2D eigenvalue weighted by Crippen LogP contribution is 2.24. The largest absolute Gasteiger partial charge is 0.486 e. The van der Waals surface area contributed by atoms with Crippen molar-refractivity contribution < 1.29 is 13.9 Å². The number of rotatable bonds is 9. The van der Waals surface area contributed by atoms with Crippen LogP contribution in [0.1, 0.15) is 11.6 Å². The molecule has 164 valence electrons. The maximum atomic E-state index is 12.2. The number of carbonyl (C=O) groups is 1. The predicted octanol–water partition coefficient (Wildman–Crippen LogP) is 5.36. The Balaban J connectivity index is 1.20. The molecule has 0 saturated heterocycles. The van der Waals surface area contributed by atoms with Gasteiger partial charge in [-0.15, -0.1) is 5.10 Å². The van der Waals surface area contributed by atoms with E-state index < -0.39 is 0 Å². The van der Waals surface area contributed by atoms with E-state index in [-0.39, 0.29) is 18.3 Å². The maximum absolute atomic E-state index is 12.2. The Labute approximate surface area is 198 Å². The number of benzene rings is 2. The van der Waals surface area contributed by atoms with Gasteiger partial charge in [-0.05, 0) is 60.7 Å². The van der Waals surface area contributed by atoms with Gasteiger partial charge >= 0.3 is 0 Å². The van der Waals surface area contributed by atoms with Gasteiger partial charge in [0.05, 0.1) is 12.3 Å². The average Bonchev–Trinajstić information content (AvgIpc) is 3.46. The highest BCUT2D eigenvalue weighted by atomic mass is 35.5. The minimum atomic E-state index is -0.150. The van der Waals surface area contributed by atoms with Gasteiger partial charge in [-0.2, -0.15) is 0 Å². The van der Waals surface area contributed by atoms with Crippen LogP contribution in [0.15, 0.2) is 70.2 Å². The van der Waals surface area contributed by atoms with Crippen molar-refractivity contribution >= 4 is 40.9 Å². The molecule has 7 nitrogen and oxygen atoms in total. The summed E-state index contributed by atoms with van der Waals surface area (Å²) in [6.07, 6.45) is 0. The summed E-state index contributed by atoms with van der Waals surface area (Å²) in [6, 6.07) is 18.1. The predicted molar refractivity (Wildman–Crippen MR) is 124 cm³/mol. The van der Waals surface area contributed by atoms with E-state index in [0.717, 1.165) is 11.3 Å². The zero-order chi connectivity index (χ0) is 22.3. The molecule has 0 spiro atoms. The van der Waals surface area contributed by atoms with Gasteiger partial charge in [0, 0.05) is 15.6 Å². The van der Waals surface area contributed by atoms with E-state index in [9.17, 15) is 4.79 Å². The topological polar surface area (TPSA) is 93.0 Å². The van der Waals surface area contributed by atoms with Crippen LogP contribution >= 0.6 is 35.0 Å². The molecule has 0 aliphatic heterocycles. The number of amides is 1. The first kappa shape index (κ1) is 22.3. The average molecular weight is 489 g/mol. The first-order valence-corrected chi connectivity index (χ1v) is 11.3. The molecular formula is C22H18Cl2N4O3S. The van der Waals surface area contributed by atoms with Crippen molar-refractivity contribution in [3.8, 4) is 17.1 Å². The molecule has 2 aromatic heterocycles. The first-order chi connectivity index (χ1) is 15.5. The van der Waals surface area contributed by atoms with Crippen LogP contribution in [0, 0.1) is 0 Å². The van der Waals surface area contributed by atoms with Gasteiger partial charge in [-0.25, -0.2) is 4.98 Å². The highest BCUT2D eigenvalue weighted by Gasteiger charge is 2.10. The first-order valence-electron chi connectivity index (χ1n) is 9.59. The number of hydrogen-bond acceptors (Lipinski definition) is 6. The zero-order valence-electron chi connectivity index (χ0n) is 16.7. The number of thioether (sulfide) groups is 1. The smallest absolute Gasteiger partial charge is 0.230 e. The van der Waals surface area contributed by atoms with E-state index in [1.54, 1.807) is 36.4 Å². The zero-order valence-corrected chi connectivity index (χ0v) is 19.0. The van der Waals surface area contributed by atoms with Crippen LogP contribution in [-0.4, -0.2) is 26.8 Å². The number of aromatic amines is 1. The lowest BCUT2D eigenvalue weighted by Gasteiger charge is -2.03. The Bertz CT molecular complexity index is 1180. The van der Waals surface area contributed by atoms with Gasteiger partial charge in [-0.1, -0.05) is 35.0 Å². The molecule has 2 N–H and O–H groups in total. The molecule has 2 heterocycles. The number of furan rings is 1. The molecule has 0 saturated carbocycles. The third kappa shape index (κ3) is 6.29. The van der Waals surface area contributed by atoms with Crippen LogP contribution in [0.2, 0.25) is 10.0 Å². The fraction of sp³-hybridized carbons (Fsp3) is 0.136. The summed E-state index contributed by atoms with van der Waals surface area (Å²) in [5, 5.41) is 11.5. The second kappa shape index (κ2) is 10.6. The summed E-state index contributed by atoms with van der Waals surface area (Å²) < 4.78 is 11.4. The third-order valence-corrected chi connectivity index (χ3v) is 5.63. The number of aromatic nitrogens is 3. The number of hydrogen-bond donors (Lipinski definition) is 2. The Hall–Kier alpha value is -2.94. The van der Waals surface area contributed by atoms with Crippen LogP contribution in [0.3, 0.4) is 0 Å². The van der Waals surface area contributed by atoms with Crippen LogP contribution in [-0.2, 0) is 17.9 Å². The minimum absolute atomic E-state index is 0.150. The molecule has 0 atom stereocenters. The lowest BCUT2D eigenvalue weighted by Crippen LogP contribution is -2.24. The number of H-pyrrole nitrogens is 1. The summed E-state index contributed by atoms with van der Waals surface area (Å²) in [7, 11) is 0. The Kier molecular flexibility index (Phi) is 7.36. The van der Waals surface area contributed by atoms with Gasteiger partial charge < -0.3 is 14.5 Å². The number of halogens is 2. The Morgan fingerprint density at radius 2 is 1.75 bits per heavy atom. The van der Waals surface area contributed by atoms with Gasteiger partial charge in [0.15, 0.2) is 5.82 Å². The lowest BCUT2D eigenvalue weighted by atomic mass is 10.2. The van der Waals surface area contributed by atoms with Crippen molar-refractivity contribution in [3.63, 3.8) is 0 Å². The molecule has 0 radical (unpaired) electrons. The molecule has 0 aliphatic carbocycles. The highest BCUT2D eigenvalue weighted by molar-refractivity contribution is 7.99. The van der Waals surface area contributed by atoms with Crippen molar-refractivity contribution in [3.05, 3.63) is 82.3 Å². The van der Waals surface area contributed by atoms with Gasteiger partial charge in [0.25, 0.3) is 0 Å². The van der Waals surface area contributed by atoms with E-state index in [1.165, 1.54) is 11.8 Å². The molecule has 2 aromatic carbocycles. The van der Waals surface area contributed by atoms with Crippen LogP contribution in [0.4, 0.5) is 0 Å². The van der Waals surface area contributed by atoms with Crippen molar-refractivity contribution in [1.29, 1.82) is 0 Å². The van der Waals surface area contributed by atoms with Gasteiger partial charge in [0.2, 0.25) is 11.1 Å². The van der Waals surface area contributed by atoms with Gasteiger partial charge in [-0.3, -0.25) is 9.89 Å². The monoisotopic (exact) mass is 488 g/mol. The number of carbonyl (C=O) groups excluding carboxylic acids is 1. The quantitative estimate of drug-likeness (QED) is 0.308. The van der Waals surface area contributed by atoms with E-state index in [1.807, 2.05) is 24.3 Å². The van der Waals surface area contributed by atoms with Crippen molar-refractivity contribution in [2.45, 2.75) is 18.3 Å². The lowest BCUT2D eigenvalue weighted by molar-refractivity contribution is -0.118. The Morgan fingerprint density at radius 3 is 2.50 bits per heavy atom. The van der Waals surface area contributed by atoms with Crippen molar-refractivity contribution in [1.82, 2.24) is 20.5 Å².